The molecule has 1 saturated heterocycles. The Kier molecular flexibility index (Phi) is 5.53. The normalized spacial score (nSPS) is 18.6. The van der Waals surface area contributed by atoms with E-state index in [0.29, 0.717) is 11.7 Å². The van der Waals surface area contributed by atoms with Gasteiger partial charge in [0.2, 0.25) is 0 Å². The molecule has 6 heteroatoms. The Bertz CT molecular complexity index is 814. The van der Waals surface area contributed by atoms with Gasteiger partial charge in [0, 0.05) is 29.4 Å². The first-order chi connectivity index (χ1) is 13.1. The predicted octanol–water partition coefficient (Wildman–Crippen LogP) is 4.25. The van der Waals surface area contributed by atoms with E-state index in [1.54, 1.807) is 6.33 Å². The molecule has 1 fully saturated rings. The summed E-state index contributed by atoms with van der Waals surface area (Å²) >= 11 is 0. The van der Waals surface area contributed by atoms with Crippen LogP contribution in [0, 0.1) is 6.92 Å². The van der Waals surface area contributed by atoms with Crippen molar-refractivity contribution in [2.45, 2.75) is 71.5 Å². The molecule has 0 aliphatic carbocycles. The fourth-order valence-corrected chi connectivity index (χ4v) is 4.58. The number of hydrogen-bond acceptors (Lipinski definition) is 6. The van der Waals surface area contributed by atoms with Crippen molar-refractivity contribution in [3.8, 4) is 0 Å². The van der Waals surface area contributed by atoms with Crippen LogP contribution >= 0.6 is 0 Å². The molecule has 1 aromatic carbocycles. The molecule has 28 heavy (non-hydrogen) atoms. The number of benzene rings is 1. The van der Waals surface area contributed by atoms with Gasteiger partial charge in [0.25, 0.3) is 0 Å². The number of aryl methyl sites for hydroxylation is 1. The van der Waals surface area contributed by atoms with Crippen molar-refractivity contribution in [1.82, 2.24) is 15.3 Å². The fourth-order valence-electron chi connectivity index (χ4n) is 4.58. The molecule has 6 nitrogen and oxygen atoms in total. The number of nitrogen functional groups attached to an aromatic ring is 1. The number of nitrogens with one attached hydrogen (secondary N) is 2. The number of aromatic nitrogens is 2. The Morgan fingerprint density at radius 2 is 1.86 bits per heavy atom. The van der Waals surface area contributed by atoms with Crippen LogP contribution in [0.15, 0.2) is 30.6 Å². The first kappa shape index (κ1) is 20.4. The number of hydrogen-bond donors (Lipinski definition) is 3. The van der Waals surface area contributed by atoms with E-state index < -0.39 is 0 Å². The largest absolute Gasteiger partial charge is 0.393 e. The Balaban J connectivity index is 1.88. The lowest BCUT2D eigenvalue weighted by Gasteiger charge is -2.46. The molecule has 0 atom stereocenters. The van der Waals surface area contributed by atoms with Gasteiger partial charge in [0.15, 0.2) is 11.6 Å². The third-order valence-corrected chi connectivity index (χ3v) is 5.28. The molecule has 152 valence electrons. The Morgan fingerprint density at radius 1 is 1.18 bits per heavy atom. The highest BCUT2D eigenvalue weighted by Crippen LogP contribution is 2.35. The van der Waals surface area contributed by atoms with Gasteiger partial charge in [-0.2, -0.15) is 0 Å². The summed E-state index contributed by atoms with van der Waals surface area (Å²) in [5.74, 6) is 1.47. The van der Waals surface area contributed by atoms with Gasteiger partial charge in [0.1, 0.15) is 12.0 Å². The molecule has 0 saturated carbocycles. The lowest BCUT2D eigenvalue weighted by Crippen LogP contribution is -2.60. The molecule has 0 unspecified atom stereocenters. The zero-order chi connectivity index (χ0) is 20.5. The zero-order valence-electron chi connectivity index (χ0n) is 18.0. The number of nitrogens with zero attached hydrogens (tertiary/aromatic N) is 3. The average Bonchev–Trinajstić information content (AvgIpc) is 2.56. The standard InChI is InChI=1S/C22H34N6/c1-7-28(17-10-8-9-15(2)11-17)20-18(23)19(24-14-25-20)26-16-12-21(3,4)27-22(5,6)13-16/h8-11,14,16,27H,7,12-13,23H2,1-6H3,(H,24,25,26). The van der Waals surface area contributed by atoms with Crippen LogP contribution in [0.5, 0.6) is 0 Å². The highest BCUT2D eigenvalue weighted by Gasteiger charge is 2.38. The van der Waals surface area contributed by atoms with Crippen molar-refractivity contribution >= 4 is 23.0 Å². The molecular weight excluding hydrogens is 348 g/mol. The first-order valence-electron chi connectivity index (χ1n) is 10.1. The van der Waals surface area contributed by atoms with E-state index >= 15 is 0 Å². The van der Waals surface area contributed by atoms with Crippen molar-refractivity contribution in [3.05, 3.63) is 36.2 Å². The van der Waals surface area contributed by atoms with Gasteiger partial charge in [-0.15, -0.1) is 0 Å². The summed E-state index contributed by atoms with van der Waals surface area (Å²) in [5, 5.41) is 7.32. The van der Waals surface area contributed by atoms with Crippen LogP contribution in [-0.4, -0.2) is 33.6 Å². The van der Waals surface area contributed by atoms with Crippen molar-refractivity contribution in [1.29, 1.82) is 0 Å². The quantitative estimate of drug-likeness (QED) is 0.717. The van der Waals surface area contributed by atoms with Crippen molar-refractivity contribution in [2.24, 2.45) is 0 Å². The van der Waals surface area contributed by atoms with E-state index in [9.17, 15) is 0 Å². The van der Waals surface area contributed by atoms with Crippen LogP contribution in [0.3, 0.4) is 0 Å². The fraction of sp³-hybridized carbons (Fsp3) is 0.545. The number of anilines is 4. The maximum Gasteiger partial charge on any atom is 0.161 e. The average molecular weight is 383 g/mol. The minimum absolute atomic E-state index is 0.0566. The monoisotopic (exact) mass is 382 g/mol. The van der Waals surface area contributed by atoms with Crippen LogP contribution in [0.2, 0.25) is 0 Å². The van der Waals surface area contributed by atoms with Gasteiger partial charge in [-0.1, -0.05) is 12.1 Å². The minimum Gasteiger partial charge on any atom is -0.393 e. The van der Waals surface area contributed by atoms with Crippen molar-refractivity contribution < 1.29 is 0 Å². The van der Waals surface area contributed by atoms with E-state index in [-0.39, 0.29) is 11.1 Å². The summed E-state index contributed by atoms with van der Waals surface area (Å²) < 4.78 is 0. The lowest BCUT2D eigenvalue weighted by atomic mass is 9.79. The Hall–Kier alpha value is -2.34. The third-order valence-electron chi connectivity index (χ3n) is 5.28. The van der Waals surface area contributed by atoms with Crippen LogP contribution in [0.4, 0.5) is 23.0 Å². The molecule has 0 spiro atoms. The second-order valence-corrected chi connectivity index (χ2v) is 9.19. The molecule has 2 aromatic rings. The van der Waals surface area contributed by atoms with Crippen molar-refractivity contribution in [3.63, 3.8) is 0 Å². The molecule has 0 bridgehead atoms. The van der Waals surface area contributed by atoms with Crippen LogP contribution in [0.25, 0.3) is 0 Å². The molecule has 2 heterocycles. The molecule has 3 rings (SSSR count). The molecule has 4 N–H and O–H groups in total. The minimum atomic E-state index is 0.0566. The summed E-state index contributed by atoms with van der Waals surface area (Å²) in [4.78, 5) is 11.1. The second-order valence-electron chi connectivity index (χ2n) is 9.19. The van der Waals surface area contributed by atoms with Gasteiger partial charge >= 0.3 is 0 Å². The molecular formula is C22H34N6. The Labute approximate surface area is 169 Å². The van der Waals surface area contributed by atoms with Gasteiger partial charge in [-0.25, -0.2) is 9.97 Å². The highest BCUT2D eigenvalue weighted by atomic mass is 15.2. The highest BCUT2D eigenvalue weighted by molar-refractivity contribution is 5.79. The van der Waals surface area contributed by atoms with Gasteiger partial charge < -0.3 is 21.3 Å². The van der Waals surface area contributed by atoms with Crippen LogP contribution in [0.1, 0.15) is 53.0 Å². The number of nitrogens with two attached hydrogens (primary N) is 1. The summed E-state index contributed by atoms with van der Waals surface area (Å²) in [5.41, 5.74) is 9.55. The van der Waals surface area contributed by atoms with Gasteiger partial charge in [-0.05, 0) is 72.1 Å². The molecule has 0 radical (unpaired) electrons. The predicted molar refractivity (Wildman–Crippen MR) is 118 cm³/mol. The molecule has 1 aromatic heterocycles. The third kappa shape index (κ3) is 4.55. The van der Waals surface area contributed by atoms with Gasteiger partial charge in [-0.3, -0.25) is 0 Å². The summed E-state index contributed by atoms with van der Waals surface area (Å²) in [7, 11) is 0. The summed E-state index contributed by atoms with van der Waals surface area (Å²) in [6.07, 6.45) is 3.61. The SMILES string of the molecule is CCN(c1cccc(C)c1)c1ncnc(NC2CC(C)(C)NC(C)(C)C2)c1N. The maximum atomic E-state index is 6.54. The summed E-state index contributed by atoms with van der Waals surface area (Å²) in [6, 6.07) is 8.68. The van der Waals surface area contributed by atoms with E-state index in [2.05, 4.69) is 91.3 Å². The van der Waals surface area contributed by atoms with E-state index in [4.69, 9.17) is 5.73 Å². The molecule has 1 aliphatic rings. The van der Waals surface area contributed by atoms with E-state index in [1.807, 2.05) is 0 Å². The summed E-state index contributed by atoms with van der Waals surface area (Å²) in [6.45, 7) is 13.9. The number of rotatable bonds is 5. The molecule has 0 amide bonds. The smallest absolute Gasteiger partial charge is 0.161 e. The first-order valence-corrected chi connectivity index (χ1v) is 10.1. The number of piperidine rings is 1. The molecule has 1 aliphatic heterocycles. The zero-order valence-corrected chi connectivity index (χ0v) is 18.0. The van der Waals surface area contributed by atoms with E-state index in [0.717, 1.165) is 36.7 Å². The lowest BCUT2D eigenvalue weighted by molar-refractivity contribution is 0.170. The topological polar surface area (TPSA) is 79.1 Å². The Morgan fingerprint density at radius 3 is 2.46 bits per heavy atom. The maximum absolute atomic E-state index is 6.54. The van der Waals surface area contributed by atoms with Crippen LogP contribution in [-0.2, 0) is 0 Å². The second kappa shape index (κ2) is 7.59. The van der Waals surface area contributed by atoms with Crippen LogP contribution < -0.4 is 21.3 Å². The van der Waals surface area contributed by atoms with Crippen molar-refractivity contribution in [2.75, 3.05) is 22.5 Å². The van der Waals surface area contributed by atoms with Gasteiger partial charge in [0.05, 0.1) is 0 Å². The van der Waals surface area contributed by atoms with E-state index in [1.165, 1.54) is 5.56 Å².